The molecule has 0 saturated heterocycles. The van der Waals surface area contributed by atoms with Crippen molar-refractivity contribution in [2.45, 2.75) is 51.6 Å². The predicted molar refractivity (Wildman–Crippen MR) is 110 cm³/mol. The van der Waals surface area contributed by atoms with Gasteiger partial charge in [-0.1, -0.05) is 30.2 Å². The van der Waals surface area contributed by atoms with E-state index >= 15 is 0 Å². The molecular weight excluding hydrogens is 362 g/mol. The molecule has 7 nitrogen and oxygen atoms in total. The molecule has 2 aliphatic rings. The van der Waals surface area contributed by atoms with E-state index in [2.05, 4.69) is 10.1 Å². The fraction of sp³-hybridized carbons (Fsp3) is 0.421. The van der Waals surface area contributed by atoms with E-state index in [1.54, 1.807) is 0 Å². The summed E-state index contributed by atoms with van der Waals surface area (Å²) in [5.41, 5.74) is 15.3. The van der Waals surface area contributed by atoms with Crippen LogP contribution in [0, 0.1) is 13.8 Å². The lowest BCUT2D eigenvalue weighted by Crippen LogP contribution is -2.58. The minimum Gasteiger partial charge on any atom is -0.369 e. The van der Waals surface area contributed by atoms with E-state index in [-0.39, 0.29) is 5.96 Å². The highest BCUT2D eigenvalue weighted by atomic mass is 35.5. The van der Waals surface area contributed by atoms with Crippen LogP contribution in [-0.4, -0.2) is 27.4 Å². The van der Waals surface area contributed by atoms with Crippen molar-refractivity contribution in [3.8, 4) is 5.69 Å². The van der Waals surface area contributed by atoms with Crippen LogP contribution in [-0.2, 0) is 0 Å². The molecule has 2 heterocycles. The molecule has 0 unspecified atom stereocenters. The van der Waals surface area contributed by atoms with Crippen molar-refractivity contribution in [2.24, 2.45) is 21.5 Å². The molecule has 8 heteroatoms. The number of aryl methyl sites for hydroxylation is 1. The van der Waals surface area contributed by atoms with Crippen LogP contribution in [0.15, 0.2) is 34.3 Å². The van der Waals surface area contributed by atoms with E-state index < -0.39 is 5.66 Å². The first-order valence-corrected chi connectivity index (χ1v) is 9.61. The second-order valence-corrected chi connectivity index (χ2v) is 7.58. The van der Waals surface area contributed by atoms with Gasteiger partial charge in [0.1, 0.15) is 5.66 Å². The number of benzene rings is 1. The Labute approximate surface area is 163 Å². The van der Waals surface area contributed by atoms with E-state index in [1.807, 2.05) is 47.7 Å². The molecule has 0 radical (unpaired) electrons. The van der Waals surface area contributed by atoms with E-state index in [4.69, 9.17) is 28.1 Å². The quantitative estimate of drug-likeness (QED) is 0.828. The summed E-state index contributed by atoms with van der Waals surface area (Å²) >= 11 is 6.39. The maximum absolute atomic E-state index is 6.39. The molecule has 0 amide bonds. The largest absolute Gasteiger partial charge is 0.369 e. The smallest absolute Gasteiger partial charge is 0.220 e. The van der Waals surface area contributed by atoms with Crippen molar-refractivity contribution in [1.29, 1.82) is 0 Å². The van der Waals surface area contributed by atoms with Gasteiger partial charge in [-0.25, -0.2) is 9.67 Å². The van der Waals surface area contributed by atoms with Gasteiger partial charge in [-0.05, 0) is 51.7 Å². The molecule has 1 fully saturated rings. The monoisotopic (exact) mass is 385 g/mol. The summed E-state index contributed by atoms with van der Waals surface area (Å²) in [6.45, 7) is 3.86. The van der Waals surface area contributed by atoms with Crippen LogP contribution in [0.5, 0.6) is 0 Å². The number of hydrogen-bond acceptors (Lipinski definition) is 6. The number of hydrogen-bond donors (Lipinski definition) is 2. The molecular formula is C19H24ClN7. The molecule has 4 rings (SSSR count). The van der Waals surface area contributed by atoms with Gasteiger partial charge >= 0.3 is 0 Å². The lowest BCUT2D eigenvalue weighted by atomic mass is 9.87. The van der Waals surface area contributed by atoms with E-state index in [9.17, 15) is 0 Å². The summed E-state index contributed by atoms with van der Waals surface area (Å²) in [4.78, 5) is 11.1. The second kappa shape index (κ2) is 6.56. The average Bonchev–Trinajstić information content (AvgIpc) is 2.89. The standard InChI is InChI=1S/C19H24ClN7/c1-12-16(20)13(2)27(25-12)15-9-5-4-8-14(15)26-18(22)23-17(21)24-19(26)10-6-3-7-11-19/h4-5,8-9H,3,6-7,10-11H2,1-2H3,(H4,21,22,23,24). The van der Waals surface area contributed by atoms with E-state index in [0.717, 1.165) is 48.4 Å². The first-order chi connectivity index (χ1) is 12.9. The summed E-state index contributed by atoms with van der Waals surface area (Å²) in [6, 6.07) is 8.00. The molecule has 0 atom stereocenters. The van der Waals surface area contributed by atoms with Crippen LogP contribution < -0.4 is 16.4 Å². The highest BCUT2D eigenvalue weighted by Gasteiger charge is 2.43. The van der Waals surface area contributed by atoms with Gasteiger partial charge in [-0.2, -0.15) is 10.1 Å². The van der Waals surface area contributed by atoms with Crippen LogP contribution in [0.3, 0.4) is 0 Å². The van der Waals surface area contributed by atoms with Gasteiger partial charge in [0.2, 0.25) is 11.9 Å². The van der Waals surface area contributed by atoms with Crippen molar-refractivity contribution in [3.63, 3.8) is 0 Å². The van der Waals surface area contributed by atoms with Crippen molar-refractivity contribution in [1.82, 2.24) is 9.78 Å². The van der Waals surface area contributed by atoms with Crippen LogP contribution in [0.4, 0.5) is 5.69 Å². The molecule has 1 aromatic heterocycles. The maximum Gasteiger partial charge on any atom is 0.220 e. The highest BCUT2D eigenvalue weighted by Crippen LogP contribution is 2.41. The van der Waals surface area contributed by atoms with Crippen LogP contribution in [0.25, 0.3) is 5.69 Å². The summed E-state index contributed by atoms with van der Waals surface area (Å²) in [5.74, 6) is 0.613. The Morgan fingerprint density at radius 1 is 1.04 bits per heavy atom. The number of anilines is 1. The van der Waals surface area contributed by atoms with Gasteiger partial charge < -0.3 is 11.5 Å². The second-order valence-electron chi connectivity index (χ2n) is 7.20. The van der Waals surface area contributed by atoms with Crippen LogP contribution in [0.1, 0.15) is 43.5 Å². The van der Waals surface area contributed by atoms with Gasteiger partial charge in [0.15, 0.2) is 0 Å². The minimum absolute atomic E-state index is 0.247. The fourth-order valence-electron chi connectivity index (χ4n) is 4.16. The summed E-state index contributed by atoms with van der Waals surface area (Å²) in [5, 5.41) is 5.29. The predicted octanol–water partition coefficient (Wildman–Crippen LogP) is 3.25. The van der Waals surface area contributed by atoms with Crippen LogP contribution >= 0.6 is 11.6 Å². The third-order valence-electron chi connectivity index (χ3n) is 5.41. The molecule has 0 bridgehead atoms. The normalized spacial score (nSPS) is 19.1. The number of halogens is 1. The Kier molecular flexibility index (Phi) is 4.34. The first-order valence-electron chi connectivity index (χ1n) is 9.24. The van der Waals surface area contributed by atoms with Crippen molar-refractivity contribution >= 4 is 29.2 Å². The minimum atomic E-state index is -0.496. The molecule has 1 spiro atoms. The topological polar surface area (TPSA) is 97.8 Å². The highest BCUT2D eigenvalue weighted by molar-refractivity contribution is 6.31. The number of rotatable bonds is 2. The molecule has 27 heavy (non-hydrogen) atoms. The fourth-order valence-corrected chi connectivity index (χ4v) is 4.28. The molecule has 1 aliphatic carbocycles. The summed E-state index contributed by atoms with van der Waals surface area (Å²) < 4.78 is 1.86. The van der Waals surface area contributed by atoms with Crippen molar-refractivity contribution < 1.29 is 0 Å². The summed E-state index contributed by atoms with van der Waals surface area (Å²) in [6.07, 6.45) is 5.12. The molecule has 1 saturated carbocycles. The van der Waals surface area contributed by atoms with Gasteiger partial charge in [-0.15, -0.1) is 0 Å². The van der Waals surface area contributed by atoms with Gasteiger partial charge in [0.25, 0.3) is 0 Å². The Bertz CT molecular complexity index is 938. The lowest BCUT2D eigenvalue weighted by molar-refractivity contribution is 0.305. The Hall–Kier alpha value is -2.54. The number of nitrogens with two attached hydrogens (primary N) is 2. The average molecular weight is 386 g/mol. The van der Waals surface area contributed by atoms with Crippen molar-refractivity contribution in [3.05, 3.63) is 40.7 Å². The zero-order valence-corrected chi connectivity index (χ0v) is 16.4. The van der Waals surface area contributed by atoms with E-state index in [1.165, 1.54) is 6.42 Å². The van der Waals surface area contributed by atoms with Crippen LogP contribution in [0.2, 0.25) is 5.02 Å². The third kappa shape index (κ3) is 2.86. The third-order valence-corrected chi connectivity index (χ3v) is 5.95. The molecule has 2 aromatic rings. The van der Waals surface area contributed by atoms with Gasteiger partial charge in [0, 0.05) is 0 Å². The molecule has 142 valence electrons. The number of nitrogens with zero attached hydrogens (tertiary/aromatic N) is 5. The Balaban J connectivity index is 1.90. The zero-order chi connectivity index (χ0) is 19.2. The SMILES string of the molecule is Cc1nn(-c2ccccc2N2C(N)=NC(N)=NC23CCCCC3)c(C)c1Cl. The Morgan fingerprint density at radius 2 is 1.70 bits per heavy atom. The van der Waals surface area contributed by atoms with Gasteiger partial charge in [-0.3, -0.25) is 4.90 Å². The number of aromatic nitrogens is 2. The summed E-state index contributed by atoms with van der Waals surface area (Å²) in [7, 11) is 0. The molecule has 4 N–H and O–H groups in total. The number of para-hydroxylation sites is 2. The Morgan fingerprint density at radius 3 is 2.33 bits per heavy atom. The maximum atomic E-state index is 6.39. The van der Waals surface area contributed by atoms with E-state index in [0.29, 0.717) is 11.0 Å². The van der Waals surface area contributed by atoms with Crippen molar-refractivity contribution in [2.75, 3.05) is 4.90 Å². The molecule has 1 aromatic carbocycles. The molecule has 1 aliphatic heterocycles. The van der Waals surface area contributed by atoms with Gasteiger partial charge in [0.05, 0.1) is 27.8 Å². The number of guanidine groups is 2. The first kappa shape index (κ1) is 17.9. The lowest BCUT2D eigenvalue weighted by Gasteiger charge is -2.46. The zero-order valence-electron chi connectivity index (χ0n) is 15.6. The number of aliphatic imine (C=N–C) groups is 2.